The van der Waals surface area contributed by atoms with Crippen LogP contribution in [0.2, 0.25) is 0 Å². The smallest absolute Gasteiger partial charge is 0.258 e. The first kappa shape index (κ1) is 7.67. The van der Waals surface area contributed by atoms with Gasteiger partial charge >= 0.3 is 0 Å². The minimum atomic E-state index is -0.410. The highest BCUT2D eigenvalue weighted by Crippen LogP contribution is 2.18. The summed E-state index contributed by atoms with van der Waals surface area (Å²) in [6.45, 7) is 0. The van der Waals surface area contributed by atoms with Crippen molar-refractivity contribution in [1.82, 2.24) is 4.98 Å². The maximum atomic E-state index is 10.4. The van der Waals surface area contributed by atoms with Gasteiger partial charge in [0.25, 0.3) is 5.69 Å². The van der Waals surface area contributed by atoms with Gasteiger partial charge in [0.1, 0.15) is 0 Å². The van der Waals surface area contributed by atoms with Gasteiger partial charge in [-0.1, -0.05) is 6.07 Å². The van der Waals surface area contributed by atoms with Gasteiger partial charge in [0.15, 0.2) is 0 Å². The molecule has 0 unspecified atom stereocenters. The van der Waals surface area contributed by atoms with Crippen molar-refractivity contribution in [3.8, 4) is 0 Å². The minimum Gasteiger partial charge on any atom is -0.258 e. The molecule has 0 N–H and O–H groups in total. The van der Waals surface area contributed by atoms with Crippen LogP contribution < -0.4 is 0 Å². The molecule has 4 heteroatoms. The molecule has 64 valence electrons. The number of nitro groups is 1. The number of fused-ring (bicyclic) bond motifs is 1. The summed E-state index contributed by atoms with van der Waals surface area (Å²) >= 11 is 0. The molecule has 13 heavy (non-hydrogen) atoms. The molecule has 2 aromatic rings. The molecule has 0 amide bonds. The predicted octanol–water partition coefficient (Wildman–Crippen LogP) is 2.14. The Morgan fingerprint density at radius 2 is 2.15 bits per heavy atom. The van der Waals surface area contributed by atoms with Crippen LogP contribution in [-0.4, -0.2) is 9.91 Å². The van der Waals surface area contributed by atoms with E-state index in [2.05, 4.69) is 4.98 Å². The summed E-state index contributed by atoms with van der Waals surface area (Å²) in [6, 6.07) is 8.17. The van der Waals surface area contributed by atoms with Crippen molar-refractivity contribution in [1.29, 1.82) is 0 Å². The Morgan fingerprint density at radius 1 is 1.31 bits per heavy atom. The maximum absolute atomic E-state index is 10.4. The summed E-state index contributed by atoms with van der Waals surface area (Å²) in [5.41, 5.74) is 0.869. The van der Waals surface area contributed by atoms with Gasteiger partial charge in [-0.25, -0.2) is 0 Å². The fourth-order valence-electron chi connectivity index (χ4n) is 1.18. The molecule has 0 fully saturated rings. The summed E-state index contributed by atoms with van der Waals surface area (Å²) < 4.78 is 0. The number of rotatable bonds is 1. The second-order valence-corrected chi connectivity index (χ2v) is 2.64. The molecule has 0 saturated heterocycles. The fourth-order valence-corrected chi connectivity index (χ4v) is 1.18. The van der Waals surface area contributed by atoms with Gasteiger partial charge in [-0.05, 0) is 12.1 Å². The summed E-state index contributed by atoms with van der Waals surface area (Å²) in [6.07, 6.45) is 1.66. The van der Waals surface area contributed by atoms with E-state index in [1.165, 1.54) is 12.1 Å². The van der Waals surface area contributed by atoms with Gasteiger partial charge in [-0.3, -0.25) is 15.1 Å². The Bertz CT molecular complexity index is 468. The number of nitrogens with zero attached hydrogens (tertiary/aromatic N) is 2. The van der Waals surface area contributed by atoms with Crippen molar-refractivity contribution in [2.75, 3.05) is 0 Å². The van der Waals surface area contributed by atoms with Crippen LogP contribution in [0.5, 0.6) is 0 Å². The van der Waals surface area contributed by atoms with Crippen molar-refractivity contribution >= 4 is 16.6 Å². The molecule has 0 aliphatic carbocycles. The Balaban J connectivity index is 2.69. The van der Waals surface area contributed by atoms with Gasteiger partial charge in [0, 0.05) is 23.7 Å². The third-order valence-electron chi connectivity index (χ3n) is 1.80. The number of pyridine rings is 1. The van der Waals surface area contributed by atoms with E-state index in [-0.39, 0.29) is 5.69 Å². The standard InChI is InChI=1S/C9H6N2O2/c12-11(13)8-3-4-9-7(6-8)2-1-5-10-9/h1-6H. The van der Waals surface area contributed by atoms with Crippen LogP contribution in [0.4, 0.5) is 5.69 Å². The maximum Gasteiger partial charge on any atom is 0.270 e. The molecule has 0 aliphatic rings. The van der Waals surface area contributed by atoms with Crippen molar-refractivity contribution in [2.24, 2.45) is 0 Å². The zero-order chi connectivity index (χ0) is 9.26. The number of aromatic nitrogens is 1. The number of nitro benzene ring substituents is 1. The van der Waals surface area contributed by atoms with Crippen LogP contribution in [0.15, 0.2) is 36.5 Å². The summed E-state index contributed by atoms with van der Waals surface area (Å²) in [7, 11) is 0. The minimum absolute atomic E-state index is 0.0977. The SMILES string of the molecule is O=[N+]([O-])c1ccc2ncccc2c1. The predicted molar refractivity (Wildman–Crippen MR) is 48.4 cm³/mol. The molecule has 1 aromatic heterocycles. The first-order valence-corrected chi connectivity index (χ1v) is 3.76. The van der Waals surface area contributed by atoms with E-state index >= 15 is 0 Å². The molecule has 0 saturated carbocycles. The first-order valence-electron chi connectivity index (χ1n) is 3.76. The van der Waals surface area contributed by atoms with E-state index in [9.17, 15) is 10.1 Å². The molecule has 2 rings (SSSR count). The molecule has 0 bridgehead atoms. The van der Waals surface area contributed by atoms with Crippen molar-refractivity contribution in [3.63, 3.8) is 0 Å². The average molecular weight is 174 g/mol. The molecule has 0 aliphatic heterocycles. The molecule has 0 spiro atoms. The fraction of sp³-hybridized carbons (Fsp3) is 0. The van der Waals surface area contributed by atoms with Crippen LogP contribution in [0.1, 0.15) is 0 Å². The number of benzene rings is 1. The van der Waals surface area contributed by atoms with Crippen molar-refractivity contribution in [3.05, 3.63) is 46.6 Å². The van der Waals surface area contributed by atoms with E-state index < -0.39 is 4.92 Å². The second-order valence-electron chi connectivity index (χ2n) is 2.64. The van der Waals surface area contributed by atoms with E-state index in [4.69, 9.17) is 0 Å². The molecular weight excluding hydrogens is 168 g/mol. The van der Waals surface area contributed by atoms with Crippen molar-refractivity contribution in [2.45, 2.75) is 0 Å². The molecule has 1 heterocycles. The largest absolute Gasteiger partial charge is 0.270 e. The molecule has 0 radical (unpaired) electrons. The van der Waals surface area contributed by atoms with Gasteiger partial charge < -0.3 is 0 Å². The van der Waals surface area contributed by atoms with Crippen LogP contribution >= 0.6 is 0 Å². The Morgan fingerprint density at radius 3 is 2.92 bits per heavy atom. The normalized spacial score (nSPS) is 10.2. The van der Waals surface area contributed by atoms with Gasteiger partial charge in [-0.2, -0.15) is 0 Å². The number of hydrogen-bond donors (Lipinski definition) is 0. The van der Waals surface area contributed by atoms with Gasteiger partial charge in [0.2, 0.25) is 0 Å². The number of non-ortho nitro benzene ring substituents is 1. The third kappa shape index (κ3) is 1.33. The van der Waals surface area contributed by atoms with E-state index in [1.54, 1.807) is 24.4 Å². The third-order valence-corrected chi connectivity index (χ3v) is 1.80. The lowest BCUT2D eigenvalue weighted by atomic mass is 10.2. The van der Waals surface area contributed by atoms with Crippen LogP contribution in [0, 0.1) is 10.1 Å². The van der Waals surface area contributed by atoms with Crippen LogP contribution in [0.25, 0.3) is 10.9 Å². The summed E-state index contributed by atoms with van der Waals surface area (Å²) in [5, 5.41) is 11.2. The van der Waals surface area contributed by atoms with Gasteiger partial charge in [-0.15, -0.1) is 0 Å². The van der Waals surface area contributed by atoms with E-state index in [0.717, 1.165) is 10.9 Å². The molecular formula is C9H6N2O2. The number of hydrogen-bond acceptors (Lipinski definition) is 3. The highest BCUT2D eigenvalue weighted by Gasteiger charge is 2.04. The Kier molecular flexibility index (Phi) is 1.66. The second kappa shape index (κ2) is 2.82. The average Bonchev–Trinajstić information content (AvgIpc) is 2.17. The lowest BCUT2D eigenvalue weighted by molar-refractivity contribution is -0.384. The molecule has 1 aromatic carbocycles. The lowest BCUT2D eigenvalue weighted by Gasteiger charge is -1.95. The van der Waals surface area contributed by atoms with Gasteiger partial charge in [0.05, 0.1) is 10.4 Å². The zero-order valence-electron chi connectivity index (χ0n) is 6.68. The van der Waals surface area contributed by atoms with Crippen LogP contribution in [-0.2, 0) is 0 Å². The lowest BCUT2D eigenvalue weighted by Crippen LogP contribution is -1.87. The molecule has 0 atom stereocenters. The highest BCUT2D eigenvalue weighted by atomic mass is 16.6. The summed E-state index contributed by atoms with van der Waals surface area (Å²) in [4.78, 5) is 14.1. The topological polar surface area (TPSA) is 56.0 Å². The quantitative estimate of drug-likeness (QED) is 0.491. The Hall–Kier alpha value is -1.97. The van der Waals surface area contributed by atoms with Crippen LogP contribution in [0.3, 0.4) is 0 Å². The monoisotopic (exact) mass is 174 g/mol. The zero-order valence-corrected chi connectivity index (χ0v) is 6.68. The van der Waals surface area contributed by atoms with E-state index in [0.29, 0.717) is 0 Å². The Labute approximate surface area is 74.0 Å². The van der Waals surface area contributed by atoms with Crippen molar-refractivity contribution < 1.29 is 4.92 Å². The van der Waals surface area contributed by atoms with E-state index in [1.807, 2.05) is 0 Å². The first-order chi connectivity index (χ1) is 6.27. The highest BCUT2D eigenvalue weighted by molar-refractivity contribution is 5.80. The molecule has 4 nitrogen and oxygen atoms in total. The summed E-state index contributed by atoms with van der Waals surface area (Å²) in [5.74, 6) is 0.